The van der Waals surface area contributed by atoms with E-state index in [0.717, 1.165) is 0 Å². The SMILES string of the molecule is CC(C)(C(=O)O)c1csc(NC2CCC(=O)NC2=O)n1. The lowest BCUT2D eigenvalue weighted by molar-refractivity contribution is -0.142. The van der Waals surface area contributed by atoms with Crippen LogP contribution in [-0.4, -0.2) is 33.9 Å². The Balaban J connectivity index is 2.09. The molecule has 1 aliphatic rings. The minimum Gasteiger partial charge on any atom is -0.481 e. The maximum Gasteiger partial charge on any atom is 0.315 e. The third-order valence-corrected chi connectivity index (χ3v) is 3.99. The highest BCUT2D eigenvalue weighted by molar-refractivity contribution is 7.13. The van der Waals surface area contributed by atoms with Crippen LogP contribution in [0.2, 0.25) is 0 Å². The largest absolute Gasteiger partial charge is 0.481 e. The first kappa shape index (κ1) is 14.4. The molecule has 1 aromatic heterocycles. The molecule has 0 aromatic carbocycles. The number of nitrogens with one attached hydrogen (secondary N) is 2. The Labute approximate surface area is 119 Å². The molecule has 0 radical (unpaired) electrons. The van der Waals surface area contributed by atoms with E-state index < -0.39 is 17.4 Å². The van der Waals surface area contributed by atoms with E-state index in [1.165, 1.54) is 11.3 Å². The predicted octanol–water partition coefficient (Wildman–Crippen LogP) is 0.722. The smallest absolute Gasteiger partial charge is 0.315 e. The van der Waals surface area contributed by atoms with Gasteiger partial charge in [-0.2, -0.15) is 0 Å². The molecule has 108 valence electrons. The van der Waals surface area contributed by atoms with E-state index in [-0.39, 0.29) is 18.2 Å². The van der Waals surface area contributed by atoms with Gasteiger partial charge in [0.2, 0.25) is 11.8 Å². The Bertz CT molecular complexity index is 567. The molecule has 0 aliphatic carbocycles. The van der Waals surface area contributed by atoms with Crippen LogP contribution >= 0.6 is 11.3 Å². The fourth-order valence-electron chi connectivity index (χ4n) is 1.72. The van der Waals surface area contributed by atoms with Crippen LogP contribution in [0.4, 0.5) is 5.13 Å². The van der Waals surface area contributed by atoms with Crippen LogP contribution in [0.5, 0.6) is 0 Å². The summed E-state index contributed by atoms with van der Waals surface area (Å²) in [6, 6.07) is -0.514. The summed E-state index contributed by atoms with van der Waals surface area (Å²) in [4.78, 5) is 38.0. The van der Waals surface area contributed by atoms with Crippen molar-refractivity contribution in [3.63, 3.8) is 0 Å². The van der Waals surface area contributed by atoms with Crippen molar-refractivity contribution in [2.45, 2.75) is 38.1 Å². The Morgan fingerprint density at radius 1 is 1.55 bits per heavy atom. The summed E-state index contributed by atoms with van der Waals surface area (Å²) in [5.74, 6) is -1.62. The first-order valence-electron chi connectivity index (χ1n) is 6.10. The third-order valence-electron chi connectivity index (χ3n) is 3.22. The Kier molecular flexibility index (Phi) is 3.76. The van der Waals surface area contributed by atoms with Crippen LogP contribution in [0.25, 0.3) is 0 Å². The van der Waals surface area contributed by atoms with Crippen molar-refractivity contribution in [1.82, 2.24) is 10.3 Å². The highest BCUT2D eigenvalue weighted by atomic mass is 32.1. The first-order chi connectivity index (χ1) is 9.30. The highest BCUT2D eigenvalue weighted by Crippen LogP contribution is 2.28. The Morgan fingerprint density at radius 3 is 2.85 bits per heavy atom. The van der Waals surface area contributed by atoms with Crippen molar-refractivity contribution < 1.29 is 19.5 Å². The van der Waals surface area contributed by atoms with Gasteiger partial charge in [-0.1, -0.05) is 0 Å². The lowest BCUT2D eigenvalue weighted by Gasteiger charge is -2.21. The predicted molar refractivity (Wildman–Crippen MR) is 72.6 cm³/mol. The maximum absolute atomic E-state index is 11.6. The number of carbonyl (C=O) groups is 3. The first-order valence-corrected chi connectivity index (χ1v) is 6.98. The van der Waals surface area contributed by atoms with Crippen LogP contribution in [0, 0.1) is 0 Å². The molecule has 0 bridgehead atoms. The molecule has 1 aromatic rings. The molecule has 7 nitrogen and oxygen atoms in total. The number of nitrogens with zero attached hydrogens (tertiary/aromatic N) is 1. The second-order valence-corrected chi connectivity index (χ2v) is 5.97. The highest BCUT2D eigenvalue weighted by Gasteiger charge is 2.33. The van der Waals surface area contributed by atoms with Gasteiger partial charge in [-0.25, -0.2) is 4.98 Å². The molecule has 0 saturated carbocycles. The number of carboxylic acids is 1. The van der Waals surface area contributed by atoms with Crippen LogP contribution in [-0.2, 0) is 19.8 Å². The number of amides is 2. The molecule has 1 unspecified atom stereocenters. The van der Waals surface area contributed by atoms with Crippen LogP contribution in [0.3, 0.4) is 0 Å². The van der Waals surface area contributed by atoms with Crippen molar-refractivity contribution in [3.8, 4) is 0 Å². The van der Waals surface area contributed by atoms with Crippen molar-refractivity contribution in [2.24, 2.45) is 0 Å². The number of hydrogen-bond acceptors (Lipinski definition) is 6. The van der Waals surface area contributed by atoms with E-state index in [2.05, 4.69) is 15.6 Å². The normalized spacial score (nSPS) is 19.6. The second-order valence-electron chi connectivity index (χ2n) is 5.12. The van der Waals surface area contributed by atoms with Gasteiger partial charge in [0.05, 0.1) is 5.69 Å². The number of hydrogen-bond donors (Lipinski definition) is 3. The summed E-state index contributed by atoms with van der Waals surface area (Å²) in [5.41, 5.74) is -0.647. The second kappa shape index (κ2) is 5.20. The minimum absolute atomic E-state index is 0.278. The van der Waals surface area contributed by atoms with Crippen molar-refractivity contribution >= 4 is 34.3 Å². The van der Waals surface area contributed by atoms with E-state index in [9.17, 15) is 14.4 Å². The molecule has 2 amide bonds. The van der Waals surface area contributed by atoms with Gasteiger partial charge >= 0.3 is 5.97 Å². The van der Waals surface area contributed by atoms with E-state index in [0.29, 0.717) is 17.2 Å². The Morgan fingerprint density at radius 2 is 2.25 bits per heavy atom. The van der Waals surface area contributed by atoms with Gasteiger partial charge in [0.25, 0.3) is 0 Å². The third kappa shape index (κ3) is 2.79. The van der Waals surface area contributed by atoms with Gasteiger partial charge in [0, 0.05) is 11.8 Å². The minimum atomic E-state index is -1.08. The summed E-state index contributed by atoms with van der Waals surface area (Å²) >= 11 is 1.24. The molecule has 20 heavy (non-hydrogen) atoms. The van der Waals surface area contributed by atoms with Gasteiger partial charge in [-0.15, -0.1) is 11.3 Å². The summed E-state index contributed by atoms with van der Waals surface area (Å²) in [5, 5.41) is 16.5. The zero-order chi connectivity index (χ0) is 14.9. The van der Waals surface area contributed by atoms with Crippen LogP contribution in [0.15, 0.2) is 5.38 Å². The van der Waals surface area contributed by atoms with Gasteiger partial charge < -0.3 is 10.4 Å². The number of imide groups is 1. The molecule has 0 spiro atoms. The van der Waals surface area contributed by atoms with E-state index >= 15 is 0 Å². The van der Waals surface area contributed by atoms with Crippen molar-refractivity contribution in [2.75, 3.05) is 5.32 Å². The average molecular weight is 297 g/mol. The molecule has 2 rings (SSSR count). The van der Waals surface area contributed by atoms with E-state index in [1.807, 2.05) is 0 Å². The Hall–Kier alpha value is -1.96. The number of aliphatic carboxylic acids is 1. The molecule has 2 heterocycles. The molecule has 8 heteroatoms. The molecule has 1 fully saturated rings. The summed E-state index contributed by atoms with van der Waals surface area (Å²) in [6.45, 7) is 3.14. The number of thiazole rings is 1. The zero-order valence-corrected chi connectivity index (χ0v) is 11.9. The van der Waals surface area contributed by atoms with Gasteiger partial charge in [-0.05, 0) is 20.3 Å². The molecular weight excluding hydrogens is 282 g/mol. The number of rotatable bonds is 4. The lowest BCUT2D eigenvalue weighted by Crippen LogP contribution is -2.47. The van der Waals surface area contributed by atoms with Crippen LogP contribution < -0.4 is 10.6 Å². The number of piperidine rings is 1. The van der Waals surface area contributed by atoms with Crippen molar-refractivity contribution in [1.29, 1.82) is 0 Å². The number of aromatic nitrogens is 1. The quantitative estimate of drug-likeness (QED) is 0.707. The maximum atomic E-state index is 11.6. The van der Waals surface area contributed by atoms with Crippen LogP contribution in [0.1, 0.15) is 32.4 Å². The van der Waals surface area contributed by atoms with Gasteiger partial charge in [0.15, 0.2) is 5.13 Å². The lowest BCUT2D eigenvalue weighted by atomic mass is 9.90. The number of carbonyl (C=O) groups excluding carboxylic acids is 2. The summed E-state index contributed by atoms with van der Waals surface area (Å²) in [6.07, 6.45) is 0.685. The van der Waals surface area contributed by atoms with E-state index in [1.54, 1.807) is 19.2 Å². The fourth-order valence-corrected chi connectivity index (χ4v) is 2.65. The average Bonchev–Trinajstić information content (AvgIpc) is 2.81. The molecule has 1 saturated heterocycles. The van der Waals surface area contributed by atoms with Crippen molar-refractivity contribution in [3.05, 3.63) is 11.1 Å². The standard InChI is InChI=1S/C12H15N3O4S/c1-12(2,10(18)19)7-5-20-11(14-7)13-6-3-4-8(16)15-9(6)17/h5-6H,3-4H2,1-2H3,(H,13,14)(H,18,19)(H,15,16,17). The fraction of sp³-hybridized carbons (Fsp3) is 0.500. The number of anilines is 1. The molecule has 1 atom stereocenters. The molecular formula is C12H15N3O4S. The summed E-state index contributed by atoms with van der Waals surface area (Å²) < 4.78 is 0. The van der Waals surface area contributed by atoms with Gasteiger partial charge in [0.1, 0.15) is 11.5 Å². The van der Waals surface area contributed by atoms with E-state index in [4.69, 9.17) is 5.11 Å². The molecule has 1 aliphatic heterocycles. The zero-order valence-electron chi connectivity index (χ0n) is 11.1. The topological polar surface area (TPSA) is 108 Å². The summed E-state index contributed by atoms with van der Waals surface area (Å²) in [7, 11) is 0. The molecule has 3 N–H and O–H groups in total. The van der Waals surface area contributed by atoms with Gasteiger partial charge in [-0.3, -0.25) is 19.7 Å². The number of carboxylic acid groups (broad SMARTS) is 1. The monoisotopic (exact) mass is 297 g/mol.